The number of para-hydroxylation sites is 1. The number of unbranched alkanes of at least 4 members (excludes halogenated alkanes) is 3. The molecular weight excluding hydrogens is 214 g/mol. The molecule has 0 saturated heterocycles. The van der Waals surface area contributed by atoms with Gasteiger partial charge in [0.05, 0.1) is 6.61 Å². The molecule has 1 rings (SSSR count). The SMILES string of the molecule is O=CCCCCCOc1c(F)cccc1F. The number of carbonyl (C=O) groups excluding carboxylic acids is 1. The van der Waals surface area contributed by atoms with E-state index < -0.39 is 11.6 Å². The predicted molar refractivity (Wildman–Crippen MR) is 56.4 cm³/mol. The monoisotopic (exact) mass is 228 g/mol. The first-order valence-corrected chi connectivity index (χ1v) is 5.26. The van der Waals surface area contributed by atoms with Crippen LogP contribution in [0, 0.1) is 11.6 Å². The summed E-state index contributed by atoms with van der Waals surface area (Å²) in [7, 11) is 0. The van der Waals surface area contributed by atoms with Gasteiger partial charge in [-0.2, -0.15) is 0 Å². The standard InChI is InChI=1S/C12H14F2O2/c13-10-6-5-7-11(14)12(10)16-9-4-2-1-3-8-15/h5-8H,1-4,9H2. The molecule has 1 aromatic rings. The Labute approximate surface area is 93.2 Å². The van der Waals surface area contributed by atoms with Crippen LogP contribution in [-0.2, 0) is 4.79 Å². The molecule has 0 heterocycles. The summed E-state index contributed by atoms with van der Waals surface area (Å²) in [6.45, 7) is 0.261. The van der Waals surface area contributed by atoms with Crippen LogP contribution in [0.1, 0.15) is 25.7 Å². The predicted octanol–water partition coefficient (Wildman–Crippen LogP) is 3.10. The van der Waals surface area contributed by atoms with Crippen molar-refractivity contribution in [3.8, 4) is 5.75 Å². The lowest BCUT2D eigenvalue weighted by Gasteiger charge is -2.07. The van der Waals surface area contributed by atoms with E-state index in [2.05, 4.69) is 0 Å². The van der Waals surface area contributed by atoms with Crippen molar-refractivity contribution in [2.24, 2.45) is 0 Å². The fourth-order valence-corrected chi connectivity index (χ4v) is 1.30. The van der Waals surface area contributed by atoms with Crippen molar-refractivity contribution in [2.75, 3.05) is 6.61 Å². The van der Waals surface area contributed by atoms with Crippen molar-refractivity contribution < 1.29 is 18.3 Å². The highest BCUT2D eigenvalue weighted by Gasteiger charge is 2.08. The fourth-order valence-electron chi connectivity index (χ4n) is 1.30. The summed E-state index contributed by atoms with van der Waals surface area (Å²) in [5, 5.41) is 0. The van der Waals surface area contributed by atoms with Crippen molar-refractivity contribution >= 4 is 6.29 Å². The zero-order valence-corrected chi connectivity index (χ0v) is 8.92. The van der Waals surface area contributed by atoms with Gasteiger partial charge in [-0.15, -0.1) is 0 Å². The number of rotatable bonds is 7. The van der Waals surface area contributed by atoms with E-state index >= 15 is 0 Å². The van der Waals surface area contributed by atoms with E-state index in [4.69, 9.17) is 4.74 Å². The molecule has 0 aliphatic heterocycles. The van der Waals surface area contributed by atoms with Gasteiger partial charge in [0.25, 0.3) is 0 Å². The van der Waals surface area contributed by atoms with E-state index in [0.717, 1.165) is 31.3 Å². The van der Waals surface area contributed by atoms with Crippen LogP contribution in [0.3, 0.4) is 0 Å². The quantitative estimate of drug-likeness (QED) is 0.529. The Morgan fingerprint density at radius 1 is 1.12 bits per heavy atom. The molecule has 0 amide bonds. The normalized spacial score (nSPS) is 10.1. The number of aldehydes is 1. The first-order valence-electron chi connectivity index (χ1n) is 5.26. The van der Waals surface area contributed by atoms with E-state index in [1.807, 2.05) is 0 Å². The highest BCUT2D eigenvalue weighted by Crippen LogP contribution is 2.20. The summed E-state index contributed by atoms with van der Waals surface area (Å²) >= 11 is 0. The Hall–Kier alpha value is -1.45. The van der Waals surface area contributed by atoms with Crippen LogP contribution in [0.5, 0.6) is 5.75 Å². The molecular formula is C12H14F2O2. The van der Waals surface area contributed by atoms with E-state index in [-0.39, 0.29) is 12.4 Å². The molecule has 16 heavy (non-hydrogen) atoms. The zero-order valence-electron chi connectivity index (χ0n) is 8.92. The number of benzene rings is 1. The molecule has 0 bridgehead atoms. The third-order valence-corrected chi connectivity index (χ3v) is 2.13. The number of halogens is 2. The van der Waals surface area contributed by atoms with Crippen molar-refractivity contribution in [1.29, 1.82) is 0 Å². The van der Waals surface area contributed by atoms with Gasteiger partial charge in [-0.05, 0) is 31.4 Å². The first kappa shape index (κ1) is 12.6. The van der Waals surface area contributed by atoms with Gasteiger partial charge < -0.3 is 9.53 Å². The van der Waals surface area contributed by atoms with E-state index in [1.165, 1.54) is 6.07 Å². The summed E-state index contributed by atoms with van der Waals surface area (Å²) in [6.07, 6.45) is 3.66. The molecule has 4 heteroatoms. The van der Waals surface area contributed by atoms with Crippen LogP contribution >= 0.6 is 0 Å². The molecule has 0 atom stereocenters. The third kappa shape index (κ3) is 3.96. The minimum Gasteiger partial charge on any atom is -0.488 e. The maximum atomic E-state index is 13.1. The second kappa shape index (κ2) is 6.93. The van der Waals surface area contributed by atoms with Gasteiger partial charge >= 0.3 is 0 Å². The molecule has 0 radical (unpaired) electrons. The van der Waals surface area contributed by atoms with Crippen LogP contribution in [0.15, 0.2) is 18.2 Å². The zero-order chi connectivity index (χ0) is 11.8. The van der Waals surface area contributed by atoms with Gasteiger partial charge in [0.2, 0.25) is 0 Å². The maximum absolute atomic E-state index is 13.1. The van der Waals surface area contributed by atoms with Gasteiger partial charge in [0.15, 0.2) is 17.4 Å². The van der Waals surface area contributed by atoms with Gasteiger partial charge in [-0.1, -0.05) is 6.07 Å². The lowest BCUT2D eigenvalue weighted by Crippen LogP contribution is -2.01. The van der Waals surface area contributed by atoms with Crippen LogP contribution in [-0.4, -0.2) is 12.9 Å². The van der Waals surface area contributed by atoms with Gasteiger partial charge in [0, 0.05) is 6.42 Å². The van der Waals surface area contributed by atoms with E-state index in [9.17, 15) is 13.6 Å². The molecule has 88 valence electrons. The summed E-state index contributed by atoms with van der Waals surface area (Å²) < 4.78 is 31.1. The highest BCUT2D eigenvalue weighted by atomic mass is 19.1. The van der Waals surface area contributed by atoms with Gasteiger partial charge in [-0.25, -0.2) is 8.78 Å². The Kier molecular flexibility index (Phi) is 5.46. The van der Waals surface area contributed by atoms with E-state index in [0.29, 0.717) is 12.8 Å². The van der Waals surface area contributed by atoms with Crippen molar-refractivity contribution in [3.63, 3.8) is 0 Å². The average molecular weight is 228 g/mol. The molecule has 0 aromatic heterocycles. The molecule has 2 nitrogen and oxygen atoms in total. The Bertz CT molecular complexity index is 320. The number of ether oxygens (including phenoxy) is 1. The number of hydrogen-bond donors (Lipinski definition) is 0. The molecule has 0 N–H and O–H groups in total. The second-order valence-corrected chi connectivity index (χ2v) is 3.42. The Morgan fingerprint density at radius 3 is 2.44 bits per heavy atom. The summed E-state index contributed by atoms with van der Waals surface area (Å²) in [6, 6.07) is 3.61. The largest absolute Gasteiger partial charge is 0.488 e. The summed E-state index contributed by atoms with van der Waals surface area (Å²) in [4.78, 5) is 10.0. The summed E-state index contributed by atoms with van der Waals surface area (Å²) in [5.41, 5.74) is 0. The van der Waals surface area contributed by atoms with Crippen molar-refractivity contribution in [2.45, 2.75) is 25.7 Å². The molecule has 0 aliphatic carbocycles. The summed E-state index contributed by atoms with van der Waals surface area (Å²) in [5.74, 6) is -1.70. The first-order chi connectivity index (χ1) is 7.75. The Balaban J connectivity index is 2.29. The van der Waals surface area contributed by atoms with Crippen LogP contribution in [0.2, 0.25) is 0 Å². The number of carbonyl (C=O) groups is 1. The fraction of sp³-hybridized carbons (Fsp3) is 0.417. The molecule has 0 fully saturated rings. The van der Waals surface area contributed by atoms with Crippen molar-refractivity contribution in [1.82, 2.24) is 0 Å². The smallest absolute Gasteiger partial charge is 0.190 e. The topological polar surface area (TPSA) is 26.3 Å². The lowest BCUT2D eigenvalue weighted by atomic mass is 10.2. The Morgan fingerprint density at radius 2 is 1.81 bits per heavy atom. The molecule has 0 saturated carbocycles. The van der Waals surface area contributed by atoms with Crippen LogP contribution in [0.4, 0.5) is 8.78 Å². The third-order valence-electron chi connectivity index (χ3n) is 2.13. The molecule has 0 aliphatic rings. The second-order valence-electron chi connectivity index (χ2n) is 3.42. The van der Waals surface area contributed by atoms with Crippen LogP contribution in [0.25, 0.3) is 0 Å². The maximum Gasteiger partial charge on any atom is 0.190 e. The molecule has 0 spiro atoms. The van der Waals surface area contributed by atoms with E-state index in [1.54, 1.807) is 0 Å². The van der Waals surface area contributed by atoms with Crippen LogP contribution < -0.4 is 4.74 Å². The molecule has 0 unspecified atom stereocenters. The minimum atomic E-state index is -0.687. The number of hydrogen-bond acceptors (Lipinski definition) is 2. The highest BCUT2D eigenvalue weighted by molar-refractivity contribution is 5.48. The minimum absolute atomic E-state index is 0.261. The van der Waals surface area contributed by atoms with Crippen molar-refractivity contribution in [3.05, 3.63) is 29.8 Å². The lowest BCUT2D eigenvalue weighted by molar-refractivity contribution is -0.107. The van der Waals surface area contributed by atoms with Gasteiger partial charge in [-0.3, -0.25) is 0 Å². The van der Waals surface area contributed by atoms with Gasteiger partial charge in [0.1, 0.15) is 6.29 Å². The molecule has 1 aromatic carbocycles. The average Bonchev–Trinajstić information content (AvgIpc) is 2.26.